The number of hydrogen-bond acceptors (Lipinski definition) is 10. The van der Waals surface area contributed by atoms with Gasteiger partial charge in [0.2, 0.25) is 0 Å². The van der Waals surface area contributed by atoms with Crippen LogP contribution in [0.2, 0.25) is 5.15 Å². The first-order valence-electron chi connectivity index (χ1n) is 13.9. The fourth-order valence-corrected chi connectivity index (χ4v) is 6.79. The van der Waals surface area contributed by atoms with Crippen molar-refractivity contribution in [3.05, 3.63) is 46.2 Å². The third-order valence-corrected chi connectivity index (χ3v) is 9.19. The lowest BCUT2D eigenvalue weighted by Gasteiger charge is -2.47. The van der Waals surface area contributed by atoms with E-state index < -0.39 is 5.91 Å². The quantitative estimate of drug-likeness (QED) is 0.483. The van der Waals surface area contributed by atoms with Crippen molar-refractivity contribution >= 4 is 45.9 Å². The van der Waals surface area contributed by atoms with Crippen LogP contribution in [0, 0.1) is 11.3 Å². The normalized spacial score (nSPS) is 20.8. The Balaban J connectivity index is 1.16. The Morgan fingerprint density at radius 3 is 2.65 bits per heavy atom. The van der Waals surface area contributed by atoms with E-state index in [0.717, 1.165) is 75.9 Å². The minimum atomic E-state index is -0.393. The number of benzene rings is 1. The zero-order valence-electron chi connectivity index (χ0n) is 22.9. The van der Waals surface area contributed by atoms with E-state index >= 15 is 0 Å². The number of halogens is 1. The van der Waals surface area contributed by atoms with Crippen molar-refractivity contribution in [2.45, 2.75) is 44.8 Å². The molecule has 12 heteroatoms. The molecule has 4 heterocycles. The maximum absolute atomic E-state index is 12.7. The third kappa shape index (κ3) is 6.69. The number of nitriles is 1. The average molecular weight is 582 g/mol. The molecule has 1 amide bonds. The van der Waals surface area contributed by atoms with Crippen LogP contribution in [0.15, 0.2) is 29.3 Å². The molecule has 1 aromatic carbocycles. The highest BCUT2D eigenvalue weighted by Crippen LogP contribution is 2.30. The lowest BCUT2D eigenvalue weighted by Crippen LogP contribution is -2.58. The van der Waals surface area contributed by atoms with Gasteiger partial charge in [-0.25, -0.2) is 9.97 Å². The lowest BCUT2D eigenvalue weighted by molar-refractivity contribution is 0.0610. The van der Waals surface area contributed by atoms with Gasteiger partial charge in [0.25, 0.3) is 5.91 Å². The second-order valence-electron chi connectivity index (χ2n) is 10.4. The Morgan fingerprint density at radius 2 is 1.98 bits per heavy atom. The number of nitrogen functional groups attached to an aromatic ring is 1. The van der Waals surface area contributed by atoms with Gasteiger partial charge in [-0.3, -0.25) is 19.6 Å². The second-order valence-corrected chi connectivity index (χ2v) is 12.0. The first kappa shape index (κ1) is 28.6. The van der Waals surface area contributed by atoms with Crippen molar-refractivity contribution in [2.75, 3.05) is 62.2 Å². The molecule has 10 nitrogen and oxygen atoms in total. The number of aliphatic imine (C=N–C) groups is 1. The van der Waals surface area contributed by atoms with Gasteiger partial charge < -0.3 is 16.0 Å². The Hall–Kier alpha value is -2.91. The molecule has 0 radical (unpaired) electrons. The molecule has 212 valence electrons. The summed E-state index contributed by atoms with van der Waals surface area (Å²) in [6, 6.07) is 11.0. The zero-order valence-corrected chi connectivity index (χ0v) is 24.4. The molecule has 0 unspecified atom stereocenters. The summed E-state index contributed by atoms with van der Waals surface area (Å²) >= 11 is 8.21. The molecule has 2 fully saturated rings. The number of anilines is 2. The van der Waals surface area contributed by atoms with Gasteiger partial charge in [-0.05, 0) is 50.0 Å². The minimum absolute atomic E-state index is 0.0517. The Morgan fingerprint density at radius 1 is 1.20 bits per heavy atom. The van der Waals surface area contributed by atoms with E-state index in [1.54, 1.807) is 11.8 Å². The molecule has 0 aliphatic carbocycles. The molecule has 0 saturated carbocycles. The molecule has 0 spiro atoms. The number of aromatic nitrogens is 2. The van der Waals surface area contributed by atoms with Crippen molar-refractivity contribution in [3.8, 4) is 6.07 Å². The number of piperidine rings is 1. The van der Waals surface area contributed by atoms with E-state index in [9.17, 15) is 4.79 Å². The van der Waals surface area contributed by atoms with Crippen LogP contribution in [0.1, 0.15) is 47.8 Å². The fourth-order valence-electron chi connectivity index (χ4n) is 5.77. The molecule has 2 saturated heterocycles. The maximum Gasteiger partial charge on any atom is 0.274 e. The number of carbonyl (C=O) groups excluding carboxylic acids is 1. The number of nitrogens with zero attached hydrogens (tertiary/aromatic N) is 7. The largest absolute Gasteiger partial charge is 0.382 e. The van der Waals surface area contributed by atoms with E-state index in [1.165, 1.54) is 5.56 Å². The molecule has 40 heavy (non-hydrogen) atoms. The summed E-state index contributed by atoms with van der Waals surface area (Å²) in [5.41, 5.74) is 8.20. The SMILES string of the molecule is CC[C@H]1CN(c2nc(N)c(C(=O)NCC3=NCCS3)nc2Cl)CCN1C1CCN(Cc2ccc(C#N)cc2)CC1. The number of likely N-dealkylation sites (tertiary alicyclic amines) is 1. The van der Waals surface area contributed by atoms with Gasteiger partial charge in [-0.2, -0.15) is 5.26 Å². The third-order valence-electron chi connectivity index (χ3n) is 7.94. The molecule has 3 aliphatic rings. The summed E-state index contributed by atoms with van der Waals surface area (Å²) in [6.45, 7) is 8.89. The van der Waals surface area contributed by atoms with Crippen LogP contribution >= 0.6 is 23.4 Å². The van der Waals surface area contributed by atoms with Crippen LogP contribution in [-0.4, -0.2) is 94.4 Å². The predicted octanol–water partition coefficient (Wildman–Crippen LogP) is 3.02. The van der Waals surface area contributed by atoms with Crippen molar-refractivity contribution in [1.82, 2.24) is 25.1 Å². The van der Waals surface area contributed by atoms with Crippen molar-refractivity contribution < 1.29 is 4.79 Å². The topological polar surface area (TPSA) is 127 Å². The van der Waals surface area contributed by atoms with E-state index in [2.05, 4.69) is 60.1 Å². The van der Waals surface area contributed by atoms with Gasteiger partial charge in [0.15, 0.2) is 22.5 Å². The highest BCUT2D eigenvalue weighted by Gasteiger charge is 2.34. The van der Waals surface area contributed by atoms with E-state index in [-0.39, 0.29) is 16.7 Å². The second kappa shape index (κ2) is 13.2. The first-order valence-corrected chi connectivity index (χ1v) is 15.3. The molecule has 1 aromatic heterocycles. The number of carbonyl (C=O) groups is 1. The van der Waals surface area contributed by atoms with Crippen LogP contribution in [0.5, 0.6) is 0 Å². The zero-order chi connectivity index (χ0) is 28.1. The summed E-state index contributed by atoms with van der Waals surface area (Å²) in [7, 11) is 0. The number of nitrogens with one attached hydrogen (secondary N) is 1. The lowest BCUT2D eigenvalue weighted by atomic mass is 9.97. The summed E-state index contributed by atoms with van der Waals surface area (Å²) in [5, 5.41) is 13.0. The standard InChI is InChI=1S/C28H36ClN9OS/c1-2-21-18-37(27-25(29)34-24(26(31)35-27)28(39)33-16-23-32-9-14-40-23)12-13-38(21)22-7-10-36(11-8-22)17-20-5-3-19(15-30)4-6-20/h3-6,21-22H,2,7-14,16-18H2,1H3,(H2,31,35)(H,33,39)/t21-/m0/s1. The highest BCUT2D eigenvalue weighted by molar-refractivity contribution is 8.14. The van der Waals surface area contributed by atoms with Crippen LogP contribution in [0.25, 0.3) is 0 Å². The first-order chi connectivity index (χ1) is 19.4. The molecular formula is C28H36ClN9OS. The van der Waals surface area contributed by atoms with Crippen molar-refractivity contribution in [3.63, 3.8) is 0 Å². The molecular weight excluding hydrogens is 546 g/mol. The molecule has 2 aromatic rings. The van der Waals surface area contributed by atoms with Gasteiger partial charge >= 0.3 is 0 Å². The van der Waals surface area contributed by atoms with Crippen molar-refractivity contribution in [1.29, 1.82) is 5.26 Å². The molecule has 1 atom stereocenters. The molecule has 3 N–H and O–H groups in total. The van der Waals surface area contributed by atoms with E-state index in [4.69, 9.17) is 22.6 Å². The Labute approximate surface area is 245 Å². The van der Waals surface area contributed by atoms with Crippen LogP contribution in [0.4, 0.5) is 11.6 Å². The number of rotatable bonds is 8. The minimum Gasteiger partial charge on any atom is -0.382 e. The number of nitrogens with two attached hydrogens (primary N) is 1. The Kier molecular flexibility index (Phi) is 9.42. The highest BCUT2D eigenvalue weighted by atomic mass is 35.5. The van der Waals surface area contributed by atoms with Crippen LogP contribution < -0.4 is 16.0 Å². The summed E-state index contributed by atoms with van der Waals surface area (Å²) < 4.78 is 0. The number of thioether (sulfide) groups is 1. The molecule has 0 bridgehead atoms. The smallest absolute Gasteiger partial charge is 0.274 e. The fraction of sp³-hybridized carbons (Fsp3) is 0.536. The van der Waals surface area contributed by atoms with E-state index in [1.807, 2.05) is 12.1 Å². The number of piperazine rings is 1. The van der Waals surface area contributed by atoms with Crippen LogP contribution in [0.3, 0.4) is 0 Å². The summed E-state index contributed by atoms with van der Waals surface area (Å²) in [4.78, 5) is 33.2. The number of amides is 1. The van der Waals surface area contributed by atoms with Gasteiger partial charge in [-0.15, -0.1) is 11.8 Å². The van der Waals surface area contributed by atoms with Gasteiger partial charge in [-0.1, -0.05) is 30.7 Å². The van der Waals surface area contributed by atoms with E-state index in [0.29, 0.717) is 30.0 Å². The van der Waals surface area contributed by atoms with Gasteiger partial charge in [0.1, 0.15) is 0 Å². The van der Waals surface area contributed by atoms with Crippen LogP contribution in [-0.2, 0) is 6.54 Å². The monoisotopic (exact) mass is 581 g/mol. The van der Waals surface area contributed by atoms with Crippen molar-refractivity contribution in [2.24, 2.45) is 4.99 Å². The van der Waals surface area contributed by atoms with Gasteiger partial charge in [0, 0.05) is 50.6 Å². The average Bonchev–Trinajstić information content (AvgIpc) is 3.51. The molecule has 3 aliphatic heterocycles. The number of hydrogen-bond donors (Lipinski definition) is 2. The van der Waals surface area contributed by atoms with Gasteiger partial charge in [0.05, 0.1) is 23.2 Å². The summed E-state index contributed by atoms with van der Waals surface area (Å²) in [6.07, 6.45) is 3.29. The Bertz CT molecular complexity index is 1270. The molecule has 5 rings (SSSR count). The predicted molar refractivity (Wildman–Crippen MR) is 161 cm³/mol. The maximum atomic E-state index is 12.7. The summed E-state index contributed by atoms with van der Waals surface area (Å²) in [5.74, 6) is 1.18.